The molecular formula is C18H20O6. The van der Waals surface area contributed by atoms with Crippen LogP contribution in [0.1, 0.15) is 17.0 Å². The van der Waals surface area contributed by atoms with Gasteiger partial charge in [0.25, 0.3) is 0 Å². The minimum atomic E-state index is -0.0444. The van der Waals surface area contributed by atoms with Crippen LogP contribution < -0.4 is 18.9 Å². The smallest absolute Gasteiger partial charge is 0.203 e. The molecule has 1 aliphatic heterocycles. The first-order valence-corrected chi connectivity index (χ1v) is 7.55. The number of phenols is 2. The predicted octanol–water partition coefficient (Wildman–Crippen LogP) is 2.84. The van der Waals surface area contributed by atoms with Crippen molar-refractivity contribution >= 4 is 0 Å². The van der Waals surface area contributed by atoms with Crippen molar-refractivity contribution in [2.75, 3.05) is 27.9 Å². The van der Waals surface area contributed by atoms with E-state index in [0.717, 1.165) is 11.1 Å². The summed E-state index contributed by atoms with van der Waals surface area (Å²) in [5.41, 5.74) is 1.77. The van der Waals surface area contributed by atoms with Crippen molar-refractivity contribution in [1.82, 2.24) is 0 Å². The molecule has 128 valence electrons. The van der Waals surface area contributed by atoms with Gasteiger partial charge in [-0.15, -0.1) is 0 Å². The molecule has 0 saturated heterocycles. The first-order chi connectivity index (χ1) is 11.6. The monoisotopic (exact) mass is 332 g/mol. The van der Waals surface area contributed by atoms with Crippen molar-refractivity contribution in [3.05, 3.63) is 35.4 Å². The molecule has 2 N–H and O–H groups in total. The van der Waals surface area contributed by atoms with E-state index in [1.807, 2.05) is 6.07 Å². The lowest BCUT2D eigenvalue weighted by Gasteiger charge is -2.28. The maximum Gasteiger partial charge on any atom is 0.203 e. The van der Waals surface area contributed by atoms with Crippen LogP contribution in [0.5, 0.6) is 34.5 Å². The summed E-state index contributed by atoms with van der Waals surface area (Å²) < 4.78 is 22.0. The molecule has 1 aliphatic rings. The third-order valence-corrected chi connectivity index (χ3v) is 4.21. The molecule has 0 fully saturated rings. The molecule has 0 unspecified atom stereocenters. The van der Waals surface area contributed by atoms with Crippen LogP contribution in [0.3, 0.4) is 0 Å². The van der Waals surface area contributed by atoms with E-state index in [-0.39, 0.29) is 23.2 Å². The molecule has 0 spiro atoms. The Bertz CT molecular complexity index is 756. The summed E-state index contributed by atoms with van der Waals surface area (Å²) in [4.78, 5) is 0. The average Bonchev–Trinajstić information content (AvgIpc) is 2.60. The fraction of sp³-hybridized carbons (Fsp3) is 0.333. The van der Waals surface area contributed by atoms with E-state index in [0.29, 0.717) is 30.3 Å². The number of phenolic OH excluding ortho intramolecular Hbond substituents is 2. The van der Waals surface area contributed by atoms with Crippen LogP contribution in [0.25, 0.3) is 0 Å². The first kappa shape index (κ1) is 16.1. The largest absolute Gasteiger partial charge is 0.508 e. The highest BCUT2D eigenvalue weighted by molar-refractivity contribution is 5.63. The highest BCUT2D eigenvalue weighted by atomic mass is 16.5. The van der Waals surface area contributed by atoms with Crippen molar-refractivity contribution in [2.45, 2.75) is 12.3 Å². The number of methoxy groups -OCH3 is 3. The number of aromatic hydroxyl groups is 2. The Morgan fingerprint density at radius 1 is 1.00 bits per heavy atom. The molecule has 2 aromatic carbocycles. The van der Waals surface area contributed by atoms with Gasteiger partial charge in [0.2, 0.25) is 5.75 Å². The SMILES string of the molecule is COc1cc(O)c(OC)c(OC)c1[C@H]1COc2cc(O)ccc2C1. The molecule has 0 radical (unpaired) electrons. The van der Waals surface area contributed by atoms with Crippen LogP contribution in [0.2, 0.25) is 0 Å². The van der Waals surface area contributed by atoms with E-state index in [4.69, 9.17) is 18.9 Å². The summed E-state index contributed by atoms with van der Waals surface area (Å²) >= 11 is 0. The molecule has 0 saturated carbocycles. The molecular weight excluding hydrogens is 312 g/mol. The second-order valence-electron chi connectivity index (χ2n) is 5.58. The Labute approximate surface area is 140 Å². The van der Waals surface area contributed by atoms with Gasteiger partial charge >= 0.3 is 0 Å². The quantitative estimate of drug-likeness (QED) is 0.896. The molecule has 6 heteroatoms. The molecule has 24 heavy (non-hydrogen) atoms. The summed E-state index contributed by atoms with van der Waals surface area (Å²) in [7, 11) is 4.54. The molecule has 1 heterocycles. The first-order valence-electron chi connectivity index (χ1n) is 7.55. The fourth-order valence-electron chi connectivity index (χ4n) is 3.12. The normalized spacial score (nSPS) is 16.0. The van der Waals surface area contributed by atoms with Crippen molar-refractivity contribution < 1.29 is 29.2 Å². The van der Waals surface area contributed by atoms with E-state index in [2.05, 4.69) is 0 Å². The van der Waals surface area contributed by atoms with Crippen LogP contribution in [0, 0.1) is 0 Å². The summed E-state index contributed by atoms with van der Waals surface area (Å²) in [6.45, 7) is 0.400. The molecule has 0 bridgehead atoms. The highest BCUT2D eigenvalue weighted by Crippen LogP contribution is 2.49. The van der Waals surface area contributed by atoms with Crippen molar-refractivity contribution in [3.8, 4) is 34.5 Å². The van der Waals surface area contributed by atoms with Gasteiger partial charge in [0.05, 0.1) is 27.9 Å². The topological polar surface area (TPSA) is 77.4 Å². The van der Waals surface area contributed by atoms with Gasteiger partial charge in [-0.3, -0.25) is 0 Å². The Balaban J connectivity index is 2.07. The van der Waals surface area contributed by atoms with Crippen molar-refractivity contribution in [1.29, 1.82) is 0 Å². The van der Waals surface area contributed by atoms with Crippen LogP contribution in [0.4, 0.5) is 0 Å². The molecule has 6 nitrogen and oxygen atoms in total. The minimum Gasteiger partial charge on any atom is -0.508 e. The van der Waals surface area contributed by atoms with E-state index < -0.39 is 0 Å². The van der Waals surface area contributed by atoms with Gasteiger partial charge in [0, 0.05) is 23.6 Å². The van der Waals surface area contributed by atoms with E-state index in [1.165, 1.54) is 20.3 Å². The highest BCUT2D eigenvalue weighted by Gasteiger charge is 2.30. The number of rotatable bonds is 4. The number of ether oxygens (including phenoxy) is 4. The zero-order valence-electron chi connectivity index (χ0n) is 13.8. The average molecular weight is 332 g/mol. The van der Waals surface area contributed by atoms with Crippen molar-refractivity contribution in [2.24, 2.45) is 0 Å². The molecule has 0 amide bonds. The predicted molar refractivity (Wildman–Crippen MR) is 87.8 cm³/mol. The van der Waals surface area contributed by atoms with Gasteiger partial charge in [-0.25, -0.2) is 0 Å². The van der Waals surface area contributed by atoms with Gasteiger partial charge in [-0.2, -0.15) is 0 Å². The van der Waals surface area contributed by atoms with Gasteiger partial charge < -0.3 is 29.2 Å². The molecule has 1 atom stereocenters. The summed E-state index contributed by atoms with van der Waals surface area (Å²) in [5.74, 6) is 1.98. The minimum absolute atomic E-state index is 0.0403. The zero-order valence-corrected chi connectivity index (χ0v) is 13.8. The number of benzene rings is 2. The van der Waals surface area contributed by atoms with E-state index >= 15 is 0 Å². The number of fused-ring (bicyclic) bond motifs is 1. The maximum absolute atomic E-state index is 10.1. The lowest BCUT2D eigenvalue weighted by molar-refractivity contribution is 0.251. The molecule has 3 rings (SSSR count). The Kier molecular flexibility index (Phi) is 4.29. The summed E-state index contributed by atoms with van der Waals surface area (Å²) in [6, 6.07) is 6.60. The zero-order chi connectivity index (χ0) is 17.3. The van der Waals surface area contributed by atoms with E-state index in [9.17, 15) is 10.2 Å². The van der Waals surface area contributed by atoms with Gasteiger partial charge in [-0.05, 0) is 18.1 Å². The Hall–Kier alpha value is -2.76. The second kappa shape index (κ2) is 6.39. The lowest BCUT2D eigenvalue weighted by atomic mass is 9.88. The molecule has 0 aliphatic carbocycles. The number of hydrogen-bond acceptors (Lipinski definition) is 6. The third-order valence-electron chi connectivity index (χ3n) is 4.21. The molecule has 0 aromatic heterocycles. The lowest BCUT2D eigenvalue weighted by Crippen LogP contribution is -2.20. The van der Waals surface area contributed by atoms with Crippen LogP contribution in [-0.2, 0) is 6.42 Å². The van der Waals surface area contributed by atoms with Crippen LogP contribution >= 0.6 is 0 Å². The van der Waals surface area contributed by atoms with E-state index in [1.54, 1.807) is 19.2 Å². The summed E-state index contributed by atoms with van der Waals surface area (Å²) in [6.07, 6.45) is 0.691. The fourth-order valence-corrected chi connectivity index (χ4v) is 3.12. The van der Waals surface area contributed by atoms with Gasteiger partial charge in [-0.1, -0.05) is 6.07 Å². The Morgan fingerprint density at radius 3 is 2.42 bits per heavy atom. The van der Waals surface area contributed by atoms with Crippen LogP contribution in [-0.4, -0.2) is 38.1 Å². The van der Waals surface area contributed by atoms with Gasteiger partial charge in [0.1, 0.15) is 17.2 Å². The van der Waals surface area contributed by atoms with Crippen LogP contribution in [0.15, 0.2) is 24.3 Å². The van der Waals surface area contributed by atoms with Crippen molar-refractivity contribution in [3.63, 3.8) is 0 Å². The third kappa shape index (κ3) is 2.64. The number of hydrogen-bond donors (Lipinski definition) is 2. The molecule has 2 aromatic rings. The standard InChI is InChI=1S/C18H20O6/c1-21-15-8-13(20)17(22-2)18(23-3)16(15)11-6-10-4-5-12(19)7-14(10)24-9-11/h4-5,7-8,11,19-20H,6,9H2,1-3H3/t11-/m1/s1. The van der Waals surface area contributed by atoms with Gasteiger partial charge in [0.15, 0.2) is 11.5 Å². The Morgan fingerprint density at radius 2 is 1.75 bits per heavy atom. The second-order valence-corrected chi connectivity index (χ2v) is 5.58. The maximum atomic E-state index is 10.1. The summed E-state index contributed by atoms with van der Waals surface area (Å²) in [5, 5.41) is 19.7.